The van der Waals surface area contributed by atoms with Crippen LogP contribution in [0, 0.1) is 5.92 Å². The lowest BCUT2D eigenvalue weighted by Crippen LogP contribution is -2.41. The van der Waals surface area contributed by atoms with Crippen molar-refractivity contribution in [2.24, 2.45) is 5.92 Å². The number of hydrogen-bond donors (Lipinski definition) is 0. The van der Waals surface area contributed by atoms with Crippen LogP contribution in [0.25, 0.3) is 0 Å². The second kappa shape index (κ2) is 8.56. The smallest absolute Gasteiger partial charge is 0.307 e. The first-order chi connectivity index (χ1) is 11.1. The van der Waals surface area contributed by atoms with Crippen LogP contribution in [0.3, 0.4) is 0 Å². The maximum Gasteiger partial charge on any atom is 0.307 e. The van der Waals surface area contributed by atoms with Crippen LogP contribution in [-0.2, 0) is 20.7 Å². The van der Waals surface area contributed by atoms with Crippen molar-refractivity contribution in [3.8, 4) is 5.75 Å². The summed E-state index contributed by atoms with van der Waals surface area (Å²) in [5.41, 5.74) is 1.15. The van der Waals surface area contributed by atoms with Crippen molar-refractivity contribution in [3.63, 3.8) is 0 Å². The van der Waals surface area contributed by atoms with E-state index >= 15 is 0 Å². The topological polar surface area (TPSA) is 55.8 Å². The van der Waals surface area contributed by atoms with Gasteiger partial charge in [0, 0.05) is 19.0 Å². The van der Waals surface area contributed by atoms with Crippen LogP contribution in [0.1, 0.15) is 31.2 Å². The Labute approximate surface area is 137 Å². The van der Waals surface area contributed by atoms with E-state index in [9.17, 15) is 9.59 Å². The Balaban J connectivity index is 1.92. The van der Waals surface area contributed by atoms with Gasteiger partial charge in [-0.25, -0.2) is 0 Å². The van der Waals surface area contributed by atoms with Crippen LogP contribution in [0.15, 0.2) is 24.3 Å². The molecule has 0 unspecified atom stereocenters. The first-order valence-corrected chi connectivity index (χ1v) is 8.12. The first kappa shape index (κ1) is 17.3. The van der Waals surface area contributed by atoms with Crippen LogP contribution in [0.5, 0.6) is 5.75 Å². The fourth-order valence-electron chi connectivity index (χ4n) is 2.63. The molecule has 23 heavy (non-hydrogen) atoms. The molecule has 1 aliphatic rings. The third-order valence-corrected chi connectivity index (χ3v) is 4.41. The lowest BCUT2D eigenvalue weighted by molar-refractivity contribution is -0.143. The second-order valence-corrected chi connectivity index (χ2v) is 5.88. The van der Waals surface area contributed by atoms with Crippen LogP contribution in [0.2, 0.25) is 0 Å². The maximum absolute atomic E-state index is 12.5. The zero-order valence-corrected chi connectivity index (χ0v) is 13.9. The van der Waals surface area contributed by atoms with E-state index in [1.54, 1.807) is 7.11 Å². The summed E-state index contributed by atoms with van der Waals surface area (Å²) in [7, 11) is 3.01. The molecular formula is C18H25NO4. The molecule has 126 valence electrons. The summed E-state index contributed by atoms with van der Waals surface area (Å²) >= 11 is 0. The van der Waals surface area contributed by atoms with Crippen molar-refractivity contribution in [1.29, 1.82) is 0 Å². The summed E-state index contributed by atoms with van der Waals surface area (Å²) in [6, 6.07) is 7.85. The monoisotopic (exact) mass is 319 g/mol. The summed E-state index contributed by atoms with van der Waals surface area (Å²) in [6.07, 6.45) is 4.08. The Bertz CT molecular complexity index is 522. The Kier molecular flexibility index (Phi) is 6.44. The molecule has 0 heterocycles. The standard InChI is InChI=1S/C18H25NO4/c1-22-16-8-6-14(7-9-16)10-12-19(13-11-17(20)23-2)18(21)15-4-3-5-15/h6-9,15H,3-5,10-13H2,1-2H3. The van der Waals surface area contributed by atoms with E-state index in [1.807, 2.05) is 29.2 Å². The summed E-state index contributed by atoms with van der Waals surface area (Å²) in [6.45, 7) is 1.05. The van der Waals surface area contributed by atoms with Crippen molar-refractivity contribution < 1.29 is 19.1 Å². The first-order valence-electron chi connectivity index (χ1n) is 8.12. The number of benzene rings is 1. The van der Waals surface area contributed by atoms with E-state index in [0.29, 0.717) is 13.1 Å². The van der Waals surface area contributed by atoms with Gasteiger partial charge in [0.25, 0.3) is 0 Å². The fourth-order valence-corrected chi connectivity index (χ4v) is 2.63. The van der Waals surface area contributed by atoms with E-state index < -0.39 is 0 Å². The molecular weight excluding hydrogens is 294 g/mol. The molecule has 0 atom stereocenters. The molecule has 1 amide bonds. The van der Waals surface area contributed by atoms with Gasteiger partial charge in [0.05, 0.1) is 20.6 Å². The predicted molar refractivity (Wildman–Crippen MR) is 87.3 cm³/mol. The molecule has 0 spiro atoms. The molecule has 1 aromatic rings. The molecule has 0 aromatic heterocycles. The van der Waals surface area contributed by atoms with Gasteiger partial charge in [-0.15, -0.1) is 0 Å². The minimum Gasteiger partial charge on any atom is -0.497 e. The highest BCUT2D eigenvalue weighted by molar-refractivity contribution is 5.80. The third kappa shape index (κ3) is 4.98. The largest absolute Gasteiger partial charge is 0.497 e. The molecule has 0 N–H and O–H groups in total. The van der Waals surface area contributed by atoms with Crippen molar-refractivity contribution in [2.45, 2.75) is 32.1 Å². The second-order valence-electron chi connectivity index (χ2n) is 5.88. The van der Waals surface area contributed by atoms with Gasteiger partial charge >= 0.3 is 5.97 Å². The average Bonchev–Trinajstić information content (AvgIpc) is 2.53. The molecule has 1 saturated carbocycles. The number of ether oxygens (including phenoxy) is 2. The number of methoxy groups -OCH3 is 2. The van der Waals surface area contributed by atoms with E-state index in [1.165, 1.54) is 7.11 Å². The fraction of sp³-hybridized carbons (Fsp3) is 0.556. The van der Waals surface area contributed by atoms with Crippen LogP contribution < -0.4 is 4.74 Å². The number of amides is 1. The predicted octanol–water partition coefficient (Wildman–Crippen LogP) is 2.43. The maximum atomic E-state index is 12.5. The van der Waals surface area contributed by atoms with Gasteiger partial charge in [0.1, 0.15) is 5.75 Å². The van der Waals surface area contributed by atoms with Crippen LogP contribution in [-0.4, -0.2) is 44.1 Å². The minimum atomic E-state index is -0.277. The van der Waals surface area contributed by atoms with Crippen LogP contribution in [0.4, 0.5) is 0 Å². The average molecular weight is 319 g/mol. The molecule has 2 rings (SSSR count). The van der Waals surface area contributed by atoms with Gasteiger partial charge in [-0.05, 0) is 37.0 Å². The lowest BCUT2D eigenvalue weighted by atomic mass is 9.84. The highest BCUT2D eigenvalue weighted by atomic mass is 16.5. The summed E-state index contributed by atoms with van der Waals surface area (Å²) in [5, 5.41) is 0. The van der Waals surface area contributed by atoms with Gasteiger partial charge in [-0.2, -0.15) is 0 Å². The van der Waals surface area contributed by atoms with Crippen LogP contribution >= 0.6 is 0 Å². The third-order valence-electron chi connectivity index (χ3n) is 4.41. The number of nitrogens with zero attached hydrogens (tertiary/aromatic N) is 1. The number of rotatable bonds is 8. The van der Waals surface area contributed by atoms with E-state index in [4.69, 9.17) is 4.74 Å². The molecule has 0 saturated heterocycles. The van der Waals surface area contributed by atoms with E-state index in [0.717, 1.165) is 37.0 Å². The van der Waals surface area contributed by atoms with Crippen molar-refractivity contribution >= 4 is 11.9 Å². The zero-order valence-electron chi connectivity index (χ0n) is 13.9. The molecule has 5 nitrogen and oxygen atoms in total. The number of hydrogen-bond acceptors (Lipinski definition) is 4. The van der Waals surface area contributed by atoms with Crippen molar-refractivity contribution in [2.75, 3.05) is 27.3 Å². The number of esters is 1. The Hall–Kier alpha value is -2.04. The number of carbonyl (C=O) groups is 2. The van der Waals surface area contributed by atoms with Gasteiger partial charge < -0.3 is 14.4 Å². The van der Waals surface area contributed by atoms with Crippen molar-refractivity contribution in [3.05, 3.63) is 29.8 Å². The summed E-state index contributed by atoms with van der Waals surface area (Å²) < 4.78 is 9.83. The highest BCUT2D eigenvalue weighted by Crippen LogP contribution is 2.28. The Morgan fingerprint density at radius 3 is 2.35 bits per heavy atom. The van der Waals surface area contributed by atoms with Gasteiger partial charge in [-0.3, -0.25) is 9.59 Å². The summed E-state index contributed by atoms with van der Waals surface area (Å²) in [5.74, 6) is 0.861. The zero-order chi connectivity index (χ0) is 16.7. The molecule has 1 fully saturated rings. The van der Waals surface area contributed by atoms with E-state index in [2.05, 4.69) is 4.74 Å². The number of carbonyl (C=O) groups excluding carboxylic acids is 2. The summed E-state index contributed by atoms with van der Waals surface area (Å²) in [4.78, 5) is 25.7. The Morgan fingerprint density at radius 2 is 1.83 bits per heavy atom. The molecule has 1 aliphatic carbocycles. The lowest BCUT2D eigenvalue weighted by Gasteiger charge is -2.31. The molecule has 0 radical (unpaired) electrons. The highest BCUT2D eigenvalue weighted by Gasteiger charge is 2.29. The van der Waals surface area contributed by atoms with Crippen molar-refractivity contribution in [1.82, 2.24) is 4.90 Å². The minimum absolute atomic E-state index is 0.142. The van der Waals surface area contributed by atoms with Gasteiger partial charge in [-0.1, -0.05) is 18.6 Å². The normalized spacial score (nSPS) is 14.0. The molecule has 5 heteroatoms. The van der Waals surface area contributed by atoms with Gasteiger partial charge in [0.15, 0.2) is 0 Å². The molecule has 0 bridgehead atoms. The SMILES string of the molecule is COC(=O)CCN(CCc1ccc(OC)cc1)C(=O)C1CCC1. The molecule has 0 aliphatic heterocycles. The van der Waals surface area contributed by atoms with E-state index in [-0.39, 0.29) is 24.2 Å². The Morgan fingerprint density at radius 1 is 1.13 bits per heavy atom. The molecule has 1 aromatic carbocycles. The quantitative estimate of drug-likeness (QED) is 0.691. The van der Waals surface area contributed by atoms with Gasteiger partial charge in [0.2, 0.25) is 5.91 Å².